The average Bonchev–Trinajstić information content (AvgIpc) is 2.90. The molecule has 4 heteroatoms. The Hall–Kier alpha value is -2.26. The minimum Gasteiger partial charge on any atom is -0.350 e. The van der Waals surface area contributed by atoms with Crippen LogP contribution in [0.15, 0.2) is 54.6 Å². The van der Waals surface area contributed by atoms with E-state index in [1.807, 2.05) is 42.5 Å². The smallest absolute Gasteiger partial charge is 0.269 e. The molecule has 1 atom stereocenters. The molecule has 0 radical (unpaired) electrons. The summed E-state index contributed by atoms with van der Waals surface area (Å²) in [5.74, 6) is 0.0669. The molecule has 0 aliphatic rings. The zero-order valence-electron chi connectivity index (χ0n) is 12.3. The molecule has 0 spiro atoms. The molecular formula is C18H17ClN2O. The molecule has 2 N–H and O–H groups in total. The van der Waals surface area contributed by atoms with Crippen LogP contribution in [0, 0.1) is 0 Å². The van der Waals surface area contributed by atoms with Crippen LogP contribution >= 0.6 is 11.6 Å². The maximum atomic E-state index is 12.3. The van der Waals surface area contributed by atoms with Crippen molar-refractivity contribution in [1.82, 2.24) is 10.3 Å². The summed E-state index contributed by atoms with van der Waals surface area (Å²) in [5, 5.41) is 4.28. The molecule has 112 valence electrons. The zero-order chi connectivity index (χ0) is 15.5. The standard InChI is InChI=1S/C18H17ClN2O/c1-12(13-7-3-2-4-8-13)11-20-18(22)17-16(19)14-9-5-6-10-15(14)21-17/h2-10,12,21H,11H2,1H3,(H,20,22)/t12-/m1/s1. The zero-order valence-corrected chi connectivity index (χ0v) is 13.0. The first-order valence-electron chi connectivity index (χ1n) is 7.26. The number of benzene rings is 2. The Labute approximate surface area is 134 Å². The Kier molecular flexibility index (Phi) is 4.16. The fourth-order valence-corrected chi connectivity index (χ4v) is 2.80. The minimum absolute atomic E-state index is 0.177. The van der Waals surface area contributed by atoms with Crippen LogP contribution < -0.4 is 5.32 Å². The van der Waals surface area contributed by atoms with E-state index in [0.29, 0.717) is 17.3 Å². The van der Waals surface area contributed by atoms with E-state index in [0.717, 1.165) is 10.9 Å². The van der Waals surface area contributed by atoms with Gasteiger partial charge in [0.1, 0.15) is 5.69 Å². The topological polar surface area (TPSA) is 44.9 Å². The van der Waals surface area contributed by atoms with Gasteiger partial charge in [-0.1, -0.05) is 67.1 Å². The molecule has 2 aromatic carbocycles. The summed E-state index contributed by atoms with van der Waals surface area (Å²) >= 11 is 6.29. The van der Waals surface area contributed by atoms with E-state index in [-0.39, 0.29) is 11.8 Å². The van der Waals surface area contributed by atoms with Gasteiger partial charge in [-0.05, 0) is 17.5 Å². The van der Waals surface area contributed by atoms with Crippen LogP contribution in [0.2, 0.25) is 5.02 Å². The average molecular weight is 313 g/mol. The van der Waals surface area contributed by atoms with E-state index in [9.17, 15) is 4.79 Å². The monoisotopic (exact) mass is 312 g/mol. The van der Waals surface area contributed by atoms with E-state index in [1.54, 1.807) is 0 Å². The highest BCUT2D eigenvalue weighted by Crippen LogP contribution is 2.27. The fourth-order valence-electron chi connectivity index (χ4n) is 2.50. The summed E-state index contributed by atoms with van der Waals surface area (Å²) in [5.41, 5.74) is 2.49. The van der Waals surface area contributed by atoms with Crippen molar-refractivity contribution in [2.75, 3.05) is 6.54 Å². The number of para-hydroxylation sites is 1. The van der Waals surface area contributed by atoms with Crippen LogP contribution in [-0.2, 0) is 0 Å². The molecule has 0 aliphatic carbocycles. The number of nitrogens with one attached hydrogen (secondary N) is 2. The predicted octanol–water partition coefficient (Wildman–Crippen LogP) is 4.35. The van der Waals surface area contributed by atoms with Gasteiger partial charge in [-0.2, -0.15) is 0 Å². The maximum Gasteiger partial charge on any atom is 0.269 e. The molecule has 0 saturated heterocycles. The largest absolute Gasteiger partial charge is 0.350 e. The van der Waals surface area contributed by atoms with E-state index >= 15 is 0 Å². The maximum absolute atomic E-state index is 12.3. The molecule has 3 rings (SSSR count). The van der Waals surface area contributed by atoms with Gasteiger partial charge in [-0.3, -0.25) is 4.79 Å². The summed E-state index contributed by atoms with van der Waals surface area (Å²) in [6.07, 6.45) is 0. The summed E-state index contributed by atoms with van der Waals surface area (Å²) in [6.45, 7) is 2.65. The van der Waals surface area contributed by atoms with E-state index < -0.39 is 0 Å². The fraction of sp³-hybridized carbons (Fsp3) is 0.167. The Morgan fingerprint density at radius 1 is 1.14 bits per heavy atom. The lowest BCUT2D eigenvalue weighted by atomic mass is 10.0. The Bertz CT molecular complexity index is 795. The van der Waals surface area contributed by atoms with Crippen LogP contribution in [-0.4, -0.2) is 17.4 Å². The summed E-state index contributed by atoms with van der Waals surface area (Å²) in [7, 11) is 0. The first kappa shape index (κ1) is 14.7. The number of fused-ring (bicyclic) bond motifs is 1. The van der Waals surface area contributed by atoms with Crippen LogP contribution in [0.3, 0.4) is 0 Å². The third-order valence-corrected chi connectivity index (χ3v) is 4.20. The van der Waals surface area contributed by atoms with E-state index in [4.69, 9.17) is 11.6 Å². The quantitative estimate of drug-likeness (QED) is 0.739. The first-order valence-corrected chi connectivity index (χ1v) is 7.64. The van der Waals surface area contributed by atoms with Gasteiger partial charge in [0.25, 0.3) is 5.91 Å². The summed E-state index contributed by atoms with van der Waals surface area (Å²) < 4.78 is 0. The number of carbonyl (C=O) groups excluding carboxylic acids is 1. The van der Waals surface area contributed by atoms with Crippen molar-refractivity contribution in [3.63, 3.8) is 0 Å². The molecule has 0 bridgehead atoms. The molecular weight excluding hydrogens is 296 g/mol. The Morgan fingerprint density at radius 3 is 2.55 bits per heavy atom. The van der Waals surface area contributed by atoms with Crippen LogP contribution in [0.5, 0.6) is 0 Å². The summed E-state index contributed by atoms with van der Waals surface area (Å²) in [6, 6.07) is 17.7. The number of aromatic amines is 1. The molecule has 3 aromatic rings. The molecule has 0 unspecified atom stereocenters. The van der Waals surface area contributed by atoms with Gasteiger partial charge < -0.3 is 10.3 Å². The second kappa shape index (κ2) is 6.24. The third kappa shape index (κ3) is 2.85. The number of amides is 1. The third-order valence-electron chi connectivity index (χ3n) is 3.81. The SMILES string of the molecule is C[C@H](CNC(=O)c1[nH]c2ccccc2c1Cl)c1ccccc1. The molecule has 22 heavy (non-hydrogen) atoms. The van der Waals surface area contributed by atoms with Gasteiger partial charge >= 0.3 is 0 Å². The predicted molar refractivity (Wildman–Crippen MR) is 90.5 cm³/mol. The van der Waals surface area contributed by atoms with Gasteiger partial charge in [-0.15, -0.1) is 0 Å². The van der Waals surface area contributed by atoms with Crippen LogP contribution in [0.4, 0.5) is 0 Å². The van der Waals surface area contributed by atoms with Gasteiger partial charge in [0.15, 0.2) is 0 Å². The van der Waals surface area contributed by atoms with E-state index in [2.05, 4.69) is 29.4 Å². The minimum atomic E-state index is -0.177. The molecule has 3 nitrogen and oxygen atoms in total. The van der Waals surface area contributed by atoms with Crippen molar-refractivity contribution in [1.29, 1.82) is 0 Å². The number of hydrogen-bond acceptors (Lipinski definition) is 1. The van der Waals surface area contributed by atoms with Gasteiger partial charge in [0, 0.05) is 17.4 Å². The molecule has 1 heterocycles. The number of carbonyl (C=O) groups is 1. The number of halogens is 1. The van der Waals surface area contributed by atoms with Crippen molar-refractivity contribution in [3.8, 4) is 0 Å². The van der Waals surface area contributed by atoms with Crippen molar-refractivity contribution in [3.05, 3.63) is 70.9 Å². The lowest BCUT2D eigenvalue weighted by Gasteiger charge is -2.12. The second-order valence-electron chi connectivity index (χ2n) is 5.38. The lowest BCUT2D eigenvalue weighted by Crippen LogP contribution is -2.28. The Balaban J connectivity index is 1.72. The highest BCUT2D eigenvalue weighted by molar-refractivity contribution is 6.38. The molecule has 0 fully saturated rings. The highest BCUT2D eigenvalue weighted by atomic mass is 35.5. The van der Waals surface area contributed by atoms with Crippen molar-refractivity contribution in [2.24, 2.45) is 0 Å². The van der Waals surface area contributed by atoms with Crippen molar-refractivity contribution < 1.29 is 4.79 Å². The van der Waals surface area contributed by atoms with Gasteiger partial charge in [0.2, 0.25) is 0 Å². The van der Waals surface area contributed by atoms with Crippen LogP contribution in [0.25, 0.3) is 10.9 Å². The van der Waals surface area contributed by atoms with Crippen LogP contribution in [0.1, 0.15) is 28.9 Å². The highest BCUT2D eigenvalue weighted by Gasteiger charge is 2.16. The molecule has 0 saturated carbocycles. The normalized spacial score (nSPS) is 12.3. The van der Waals surface area contributed by atoms with Crippen molar-refractivity contribution in [2.45, 2.75) is 12.8 Å². The number of rotatable bonds is 4. The second-order valence-corrected chi connectivity index (χ2v) is 5.76. The first-order chi connectivity index (χ1) is 10.7. The lowest BCUT2D eigenvalue weighted by molar-refractivity contribution is 0.0947. The molecule has 1 aromatic heterocycles. The molecule has 0 aliphatic heterocycles. The number of hydrogen-bond donors (Lipinski definition) is 2. The Morgan fingerprint density at radius 2 is 1.82 bits per heavy atom. The van der Waals surface area contributed by atoms with Gasteiger partial charge in [-0.25, -0.2) is 0 Å². The van der Waals surface area contributed by atoms with Crippen molar-refractivity contribution >= 4 is 28.4 Å². The van der Waals surface area contributed by atoms with E-state index in [1.165, 1.54) is 5.56 Å². The van der Waals surface area contributed by atoms with Gasteiger partial charge in [0.05, 0.1) is 5.02 Å². The number of H-pyrrole nitrogens is 1. The molecule has 1 amide bonds. The summed E-state index contributed by atoms with van der Waals surface area (Å²) in [4.78, 5) is 15.4. The number of aromatic nitrogens is 1.